The average Bonchev–Trinajstić information content (AvgIpc) is 2.88. The molecule has 0 fully saturated rings. The van der Waals surface area contributed by atoms with E-state index in [4.69, 9.17) is 0 Å². The second kappa shape index (κ2) is 6.24. The van der Waals surface area contributed by atoms with E-state index in [0.717, 1.165) is 12.1 Å². The normalized spacial score (nSPS) is 10.2. The molecular weight excluding hydrogens is 262 g/mol. The lowest BCUT2D eigenvalue weighted by molar-refractivity contribution is 0.0784. The molecule has 2 aromatic rings. The highest BCUT2D eigenvalue weighted by atomic mass is 32.1. The predicted octanol–water partition coefficient (Wildman–Crippen LogP) is 1.64. The zero-order chi connectivity index (χ0) is 13.7. The molecule has 0 bridgehead atoms. The van der Waals surface area contributed by atoms with Crippen molar-refractivity contribution in [2.24, 2.45) is 0 Å². The molecule has 6 nitrogen and oxygen atoms in total. The van der Waals surface area contributed by atoms with Crippen molar-refractivity contribution in [3.8, 4) is 0 Å². The fourth-order valence-corrected chi connectivity index (χ4v) is 2.34. The number of pyridine rings is 1. The van der Waals surface area contributed by atoms with E-state index in [9.17, 15) is 4.79 Å². The van der Waals surface area contributed by atoms with Crippen molar-refractivity contribution in [1.29, 1.82) is 0 Å². The Hall–Kier alpha value is -2.02. The Morgan fingerprint density at radius 1 is 1.47 bits per heavy atom. The van der Waals surface area contributed by atoms with Gasteiger partial charge in [0, 0.05) is 32.5 Å². The molecule has 7 heteroatoms. The molecule has 0 aliphatic rings. The molecule has 2 rings (SSSR count). The summed E-state index contributed by atoms with van der Waals surface area (Å²) in [6.45, 7) is 3.23. The number of carbonyl (C=O) groups excluding carboxylic acids is 1. The van der Waals surface area contributed by atoms with Crippen LogP contribution in [0.1, 0.15) is 22.3 Å². The first-order valence-corrected chi connectivity index (χ1v) is 6.74. The monoisotopic (exact) mass is 277 g/mol. The Kier molecular flexibility index (Phi) is 4.40. The van der Waals surface area contributed by atoms with E-state index in [1.807, 2.05) is 19.1 Å². The van der Waals surface area contributed by atoms with Crippen molar-refractivity contribution in [3.05, 3.63) is 35.1 Å². The first-order valence-electron chi connectivity index (χ1n) is 5.92. The number of hydrogen-bond acceptors (Lipinski definition) is 6. The Morgan fingerprint density at radius 2 is 2.32 bits per heavy atom. The van der Waals surface area contributed by atoms with Gasteiger partial charge in [-0.2, -0.15) is 0 Å². The summed E-state index contributed by atoms with van der Waals surface area (Å²) < 4.78 is 0. The van der Waals surface area contributed by atoms with E-state index < -0.39 is 0 Å². The summed E-state index contributed by atoms with van der Waals surface area (Å²) in [5.74, 6) is -0.134. The highest BCUT2D eigenvalue weighted by molar-refractivity contribution is 7.17. The number of nitrogens with one attached hydrogen (secondary N) is 1. The molecule has 1 amide bonds. The molecule has 0 atom stereocenters. The Morgan fingerprint density at radius 3 is 3.00 bits per heavy atom. The third-order valence-corrected chi connectivity index (χ3v) is 3.29. The van der Waals surface area contributed by atoms with E-state index in [0.29, 0.717) is 16.7 Å². The highest BCUT2D eigenvalue weighted by Gasteiger charge is 2.17. The zero-order valence-electron chi connectivity index (χ0n) is 10.8. The molecule has 100 valence electrons. The summed E-state index contributed by atoms with van der Waals surface area (Å²) >= 11 is 1.26. The molecule has 0 unspecified atom stereocenters. The number of nitrogens with zero attached hydrogens (tertiary/aromatic N) is 4. The van der Waals surface area contributed by atoms with Gasteiger partial charge < -0.3 is 10.2 Å². The van der Waals surface area contributed by atoms with Crippen LogP contribution in [0.3, 0.4) is 0 Å². The van der Waals surface area contributed by atoms with E-state index in [-0.39, 0.29) is 5.91 Å². The van der Waals surface area contributed by atoms with Gasteiger partial charge in [-0.15, -0.1) is 10.2 Å². The molecule has 0 spiro atoms. The molecule has 1 N–H and O–H groups in total. The maximum Gasteiger partial charge on any atom is 0.284 e. The van der Waals surface area contributed by atoms with Crippen LogP contribution in [-0.2, 0) is 6.54 Å². The quantitative estimate of drug-likeness (QED) is 0.899. The van der Waals surface area contributed by atoms with E-state index in [2.05, 4.69) is 20.5 Å². The maximum atomic E-state index is 12.2. The predicted molar refractivity (Wildman–Crippen MR) is 74.1 cm³/mol. The first kappa shape index (κ1) is 13.4. The maximum absolute atomic E-state index is 12.2. The molecule has 0 saturated carbocycles. The molecule has 0 aromatic carbocycles. The third kappa shape index (κ3) is 3.47. The van der Waals surface area contributed by atoms with E-state index in [1.165, 1.54) is 11.3 Å². The van der Waals surface area contributed by atoms with Crippen molar-refractivity contribution in [3.63, 3.8) is 0 Å². The van der Waals surface area contributed by atoms with Crippen molar-refractivity contribution < 1.29 is 4.79 Å². The minimum absolute atomic E-state index is 0.134. The highest BCUT2D eigenvalue weighted by Crippen LogP contribution is 2.17. The van der Waals surface area contributed by atoms with E-state index >= 15 is 0 Å². The van der Waals surface area contributed by atoms with Gasteiger partial charge >= 0.3 is 0 Å². The third-order valence-electron chi connectivity index (χ3n) is 2.43. The molecule has 2 aromatic heterocycles. The van der Waals surface area contributed by atoms with Crippen molar-refractivity contribution in [1.82, 2.24) is 20.1 Å². The second-order valence-electron chi connectivity index (χ2n) is 3.97. The van der Waals surface area contributed by atoms with Crippen LogP contribution in [0.25, 0.3) is 0 Å². The van der Waals surface area contributed by atoms with Crippen molar-refractivity contribution in [2.45, 2.75) is 13.5 Å². The molecule has 0 radical (unpaired) electrons. The van der Waals surface area contributed by atoms with Crippen molar-refractivity contribution >= 4 is 22.4 Å². The van der Waals surface area contributed by atoms with Crippen molar-refractivity contribution in [2.75, 3.05) is 18.9 Å². The number of rotatable bonds is 5. The summed E-state index contributed by atoms with van der Waals surface area (Å²) in [6, 6.07) is 3.78. The van der Waals surface area contributed by atoms with Gasteiger partial charge in [-0.25, -0.2) is 0 Å². The smallest absolute Gasteiger partial charge is 0.284 e. The Labute approximate surface area is 115 Å². The summed E-state index contributed by atoms with van der Waals surface area (Å²) in [5.41, 5.74) is 0.981. The number of carbonyl (C=O) groups is 1. The van der Waals surface area contributed by atoms with Gasteiger partial charge in [0.15, 0.2) is 0 Å². The molecule has 2 heterocycles. The zero-order valence-corrected chi connectivity index (χ0v) is 11.6. The topological polar surface area (TPSA) is 71.0 Å². The summed E-state index contributed by atoms with van der Waals surface area (Å²) in [5, 5.41) is 11.9. The van der Waals surface area contributed by atoms with Crippen LogP contribution in [0.5, 0.6) is 0 Å². The van der Waals surface area contributed by atoms with Crippen LogP contribution in [0.2, 0.25) is 0 Å². The summed E-state index contributed by atoms with van der Waals surface area (Å²) in [4.78, 5) is 17.8. The van der Waals surface area contributed by atoms with Crippen LogP contribution in [0.15, 0.2) is 24.5 Å². The SMILES string of the molecule is CCNc1nnc(C(=O)N(C)Cc2cccnc2)s1. The average molecular weight is 277 g/mol. The number of amides is 1. The van der Waals surface area contributed by atoms with Crippen LogP contribution in [0, 0.1) is 0 Å². The van der Waals surface area contributed by atoms with Crippen LogP contribution in [-0.4, -0.2) is 39.6 Å². The Balaban J connectivity index is 2.02. The Bertz CT molecular complexity index is 542. The summed E-state index contributed by atoms with van der Waals surface area (Å²) in [7, 11) is 1.74. The van der Waals surface area contributed by atoms with Crippen LogP contribution < -0.4 is 5.32 Å². The molecular formula is C12H15N5OS. The fourth-order valence-electron chi connectivity index (χ4n) is 1.53. The standard InChI is InChI=1S/C12H15N5OS/c1-3-14-12-16-15-10(19-12)11(18)17(2)8-9-5-4-6-13-7-9/h4-7H,3,8H2,1-2H3,(H,14,16). The molecule has 0 saturated heterocycles. The lowest BCUT2D eigenvalue weighted by Gasteiger charge is -2.14. The summed E-state index contributed by atoms with van der Waals surface area (Å²) in [6.07, 6.45) is 3.45. The van der Waals surface area contributed by atoms with Crippen LogP contribution >= 0.6 is 11.3 Å². The second-order valence-corrected chi connectivity index (χ2v) is 4.94. The number of hydrogen-bond donors (Lipinski definition) is 1. The molecule has 19 heavy (non-hydrogen) atoms. The van der Waals surface area contributed by atoms with Gasteiger partial charge in [0.2, 0.25) is 10.1 Å². The fraction of sp³-hybridized carbons (Fsp3) is 0.333. The molecule has 0 aliphatic carbocycles. The first-order chi connectivity index (χ1) is 9.20. The lowest BCUT2D eigenvalue weighted by Crippen LogP contribution is -2.26. The van der Waals surface area contributed by atoms with Gasteiger partial charge in [-0.3, -0.25) is 9.78 Å². The van der Waals surface area contributed by atoms with Gasteiger partial charge in [0.1, 0.15) is 0 Å². The lowest BCUT2D eigenvalue weighted by atomic mass is 10.3. The van der Waals surface area contributed by atoms with Crippen LogP contribution in [0.4, 0.5) is 5.13 Å². The largest absolute Gasteiger partial charge is 0.360 e. The number of anilines is 1. The molecule has 0 aliphatic heterocycles. The van der Waals surface area contributed by atoms with Gasteiger partial charge in [0.05, 0.1) is 0 Å². The minimum atomic E-state index is -0.134. The van der Waals surface area contributed by atoms with Gasteiger partial charge in [-0.05, 0) is 18.6 Å². The number of aromatic nitrogens is 3. The minimum Gasteiger partial charge on any atom is -0.360 e. The van der Waals surface area contributed by atoms with E-state index in [1.54, 1.807) is 24.3 Å². The van der Waals surface area contributed by atoms with Gasteiger partial charge in [0.25, 0.3) is 5.91 Å². The van der Waals surface area contributed by atoms with Gasteiger partial charge in [-0.1, -0.05) is 17.4 Å².